The molecule has 0 aliphatic heterocycles. The summed E-state index contributed by atoms with van der Waals surface area (Å²) in [4.78, 5) is 11.5. The highest BCUT2D eigenvalue weighted by Crippen LogP contribution is 2.27. The summed E-state index contributed by atoms with van der Waals surface area (Å²) in [6, 6.07) is 6.59. The van der Waals surface area contributed by atoms with E-state index < -0.39 is 6.10 Å². The molecular weight excluding hydrogens is 322 g/mol. The maximum Gasteiger partial charge on any atom is 0.347 e. The van der Waals surface area contributed by atoms with Gasteiger partial charge in [0, 0.05) is 12.6 Å². The fraction of sp³-hybridized carbons (Fsp3) is 0.533. The lowest BCUT2D eigenvalue weighted by molar-refractivity contribution is -0.150. The second kappa shape index (κ2) is 7.09. The molecule has 1 aromatic carbocycles. The third kappa shape index (κ3) is 4.49. The van der Waals surface area contributed by atoms with Gasteiger partial charge in [-0.25, -0.2) is 4.79 Å². The molecule has 1 N–H and O–H groups in total. The van der Waals surface area contributed by atoms with Crippen LogP contribution in [0.5, 0.6) is 5.75 Å². The molecule has 1 atom stereocenters. The lowest BCUT2D eigenvalue weighted by Crippen LogP contribution is -2.26. The average Bonchev–Trinajstić information content (AvgIpc) is 3.23. The number of hydrogen-bond donors (Lipinski definition) is 1. The fourth-order valence-corrected chi connectivity index (χ4v) is 2.32. The van der Waals surface area contributed by atoms with Gasteiger partial charge in [-0.05, 0) is 60.3 Å². The van der Waals surface area contributed by atoms with Crippen molar-refractivity contribution in [1.29, 1.82) is 0 Å². The van der Waals surface area contributed by atoms with E-state index >= 15 is 0 Å². The minimum absolute atomic E-state index is 0.348. The molecule has 1 fully saturated rings. The molecule has 2 rings (SSSR count). The van der Waals surface area contributed by atoms with Crippen molar-refractivity contribution >= 4 is 21.9 Å². The molecule has 5 heteroatoms. The van der Waals surface area contributed by atoms with E-state index in [1.165, 1.54) is 18.4 Å². The second-order valence-corrected chi connectivity index (χ2v) is 5.79. The molecule has 0 radical (unpaired) electrons. The molecule has 0 heterocycles. The van der Waals surface area contributed by atoms with Crippen molar-refractivity contribution in [2.24, 2.45) is 0 Å². The molecule has 1 aliphatic rings. The van der Waals surface area contributed by atoms with E-state index in [-0.39, 0.29) is 5.97 Å². The zero-order valence-corrected chi connectivity index (χ0v) is 13.4. The topological polar surface area (TPSA) is 47.6 Å². The number of hydrogen-bond acceptors (Lipinski definition) is 4. The molecule has 20 heavy (non-hydrogen) atoms. The van der Waals surface area contributed by atoms with Crippen molar-refractivity contribution in [2.45, 2.75) is 45.4 Å². The third-order valence-corrected chi connectivity index (χ3v) is 3.71. The molecule has 1 unspecified atom stereocenters. The van der Waals surface area contributed by atoms with Crippen molar-refractivity contribution in [2.75, 3.05) is 6.61 Å². The molecule has 1 saturated carbocycles. The Labute approximate surface area is 128 Å². The minimum atomic E-state index is -0.610. The number of ether oxygens (including phenoxy) is 2. The summed E-state index contributed by atoms with van der Waals surface area (Å²) in [6.45, 7) is 4.69. The van der Waals surface area contributed by atoms with Crippen LogP contribution in [0.15, 0.2) is 22.7 Å². The Morgan fingerprint density at radius 2 is 2.25 bits per heavy atom. The van der Waals surface area contributed by atoms with Gasteiger partial charge in [0.25, 0.3) is 0 Å². The zero-order chi connectivity index (χ0) is 14.5. The summed E-state index contributed by atoms with van der Waals surface area (Å²) in [5.74, 6) is 0.305. The van der Waals surface area contributed by atoms with Crippen LogP contribution in [0.4, 0.5) is 0 Å². The van der Waals surface area contributed by atoms with E-state index in [2.05, 4.69) is 21.2 Å². The first-order valence-electron chi connectivity index (χ1n) is 6.95. The Bertz CT molecular complexity index is 474. The van der Waals surface area contributed by atoms with Gasteiger partial charge in [-0.2, -0.15) is 0 Å². The van der Waals surface area contributed by atoms with E-state index in [9.17, 15) is 4.79 Å². The van der Waals surface area contributed by atoms with Crippen LogP contribution in [0.25, 0.3) is 0 Å². The van der Waals surface area contributed by atoms with Crippen molar-refractivity contribution in [1.82, 2.24) is 5.32 Å². The molecule has 1 aromatic rings. The highest BCUT2D eigenvalue weighted by molar-refractivity contribution is 9.10. The van der Waals surface area contributed by atoms with Crippen LogP contribution in [-0.4, -0.2) is 24.7 Å². The van der Waals surface area contributed by atoms with Crippen molar-refractivity contribution in [3.8, 4) is 5.75 Å². The van der Waals surface area contributed by atoms with Gasteiger partial charge >= 0.3 is 5.97 Å². The summed E-state index contributed by atoms with van der Waals surface area (Å²) in [7, 11) is 0. The van der Waals surface area contributed by atoms with E-state index in [4.69, 9.17) is 9.47 Å². The predicted octanol–water partition coefficient (Wildman–Crippen LogP) is 3.03. The molecule has 0 aromatic heterocycles. The number of halogens is 1. The Kier molecular flexibility index (Phi) is 5.43. The normalized spacial score (nSPS) is 15.8. The average molecular weight is 342 g/mol. The highest BCUT2D eigenvalue weighted by Gasteiger charge is 2.20. The SMILES string of the molecule is CCOC(=O)C(C)Oc1ccc(CNC2CC2)cc1Br. The lowest BCUT2D eigenvalue weighted by atomic mass is 10.2. The first kappa shape index (κ1) is 15.3. The molecule has 1 aliphatic carbocycles. The van der Waals surface area contributed by atoms with Crippen LogP contribution < -0.4 is 10.1 Å². The van der Waals surface area contributed by atoms with Gasteiger partial charge in [-0.15, -0.1) is 0 Å². The number of benzene rings is 1. The largest absolute Gasteiger partial charge is 0.478 e. The summed E-state index contributed by atoms with van der Waals surface area (Å²) >= 11 is 3.48. The van der Waals surface area contributed by atoms with Crippen molar-refractivity contribution in [3.05, 3.63) is 28.2 Å². The van der Waals surface area contributed by atoms with Gasteiger partial charge in [-0.3, -0.25) is 0 Å². The van der Waals surface area contributed by atoms with Gasteiger partial charge in [0.15, 0.2) is 6.10 Å². The first-order valence-corrected chi connectivity index (χ1v) is 7.74. The Morgan fingerprint density at radius 3 is 2.85 bits per heavy atom. The highest BCUT2D eigenvalue weighted by atomic mass is 79.9. The second-order valence-electron chi connectivity index (χ2n) is 4.93. The van der Waals surface area contributed by atoms with Gasteiger partial charge in [0.2, 0.25) is 0 Å². The van der Waals surface area contributed by atoms with Crippen LogP contribution in [0.3, 0.4) is 0 Å². The van der Waals surface area contributed by atoms with E-state index in [0.717, 1.165) is 11.0 Å². The van der Waals surface area contributed by atoms with Crippen LogP contribution in [0.1, 0.15) is 32.3 Å². The maximum absolute atomic E-state index is 11.5. The predicted molar refractivity (Wildman–Crippen MR) is 80.7 cm³/mol. The van der Waals surface area contributed by atoms with Gasteiger partial charge in [0.05, 0.1) is 11.1 Å². The molecule has 0 spiro atoms. The number of carbonyl (C=O) groups is 1. The van der Waals surface area contributed by atoms with Crippen molar-refractivity contribution < 1.29 is 14.3 Å². The Morgan fingerprint density at radius 1 is 1.50 bits per heavy atom. The molecule has 0 bridgehead atoms. The standard InChI is InChI=1S/C15H20BrNO3/c1-3-19-15(18)10(2)20-14-7-4-11(8-13(14)16)9-17-12-5-6-12/h4,7-8,10,12,17H,3,5-6,9H2,1-2H3. The summed E-state index contributed by atoms with van der Waals surface area (Å²) in [5, 5.41) is 3.46. The van der Waals surface area contributed by atoms with Crippen LogP contribution in [-0.2, 0) is 16.1 Å². The molecule has 0 saturated heterocycles. The molecule has 0 amide bonds. The Balaban J connectivity index is 1.92. The summed E-state index contributed by atoms with van der Waals surface area (Å²) in [6.07, 6.45) is 1.94. The molecule has 110 valence electrons. The lowest BCUT2D eigenvalue weighted by Gasteiger charge is -2.15. The Hall–Kier alpha value is -1.07. The van der Waals surface area contributed by atoms with Crippen LogP contribution in [0.2, 0.25) is 0 Å². The number of rotatable bonds is 7. The summed E-state index contributed by atoms with van der Waals surface area (Å²) in [5.41, 5.74) is 1.19. The first-order chi connectivity index (χ1) is 9.60. The van der Waals surface area contributed by atoms with Gasteiger partial charge < -0.3 is 14.8 Å². The van der Waals surface area contributed by atoms with E-state index in [1.54, 1.807) is 13.8 Å². The smallest absolute Gasteiger partial charge is 0.347 e. The number of carbonyl (C=O) groups excluding carboxylic acids is 1. The quantitative estimate of drug-likeness (QED) is 0.774. The van der Waals surface area contributed by atoms with Gasteiger partial charge in [-0.1, -0.05) is 6.07 Å². The summed E-state index contributed by atoms with van der Waals surface area (Å²) < 4.78 is 11.4. The van der Waals surface area contributed by atoms with Gasteiger partial charge in [0.1, 0.15) is 5.75 Å². The fourth-order valence-electron chi connectivity index (χ4n) is 1.80. The monoisotopic (exact) mass is 341 g/mol. The van der Waals surface area contributed by atoms with E-state index in [1.807, 2.05) is 18.2 Å². The molecule has 4 nitrogen and oxygen atoms in total. The minimum Gasteiger partial charge on any atom is -0.478 e. The third-order valence-electron chi connectivity index (χ3n) is 3.09. The van der Waals surface area contributed by atoms with Crippen LogP contribution >= 0.6 is 15.9 Å². The van der Waals surface area contributed by atoms with Crippen LogP contribution in [0, 0.1) is 0 Å². The maximum atomic E-state index is 11.5. The number of esters is 1. The van der Waals surface area contributed by atoms with Crippen molar-refractivity contribution in [3.63, 3.8) is 0 Å². The number of nitrogens with one attached hydrogen (secondary N) is 1. The van der Waals surface area contributed by atoms with E-state index in [0.29, 0.717) is 18.4 Å². The zero-order valence-electron chi connectivity index (χ0n) is 11.8. The molecular formula is C15H20BrNO3.